The zero-order valence-corrected chi connectivity index (χ0v) is 12.9. The minimum atomic E-state index is -0.234. The van der Waals surface area contributed by atoms with Crippen molar-refractivity contribution in [2.75, 3.05) is 17.2 Å². The number of benzene rings is 1. The number of amides is 1. The molecule has 5 nitrogen and oxygen atoms in total. The number of rotatable bonds is 5. The minimum absolute atomic E-state index is 0.0532. The van der Waals surface area contributed by atoms with Gasteiger partial charge in [0.2, 0.25) is 11.0 Å². The number of aromatic nitrogens is 2. The van der Waals surface area contributed by atoms with Crippen molar-refractivity contribution in [3.8, 4) is 0 Å². The van der Waals surface area contributed by atoms with E-state index in [1.807, 2.05) is 44.2 Å². The monoisotopic (exact) mass is 308 g/mol. The van der Waals surface area contributed by atoms with Gasteiger partial charge in [0.1, 0.15) is 0 Å². The average molecular weight is 308 g/mol. The molecular formula is C13H16N4OS2. The molecule has 2 rings (SSSR count). The minimum Gasteiger partial charge on any atom is -0.374 e. The van der Waals surface area contributed by atoms with Crippen molar-refractivity contribution in [1.82, 2.24) is 10.2 Å². The van der Waals surface area contributed by atoms with Gasteiger partial charge in [-0.25, -0.2) is 0 Å². The van der Waals surface area contributed by atoms with E-state index in [0.29, 0.717) is 16.0 Å². The van der Waals surface area contributed by atoms with Crippen molar-refractivity contribution in [1.29, 1.82) is 0 Å². The molecule has 2 aromatic rings. The molecule has 0 unspecified atom stereocenters. The molecule has 0 aliphatic rings. The van der Waals surface area contributed by atoms with Crippen LogP contribution in [0, 0.1) is 0 Å². The Balaban J connectivity index is 2.08. The van der Waals surface area contributed by atoms with Crippen molar-refractivity contribution in [2.24, 2.45) is 0 Å². The zero-order chi connectivity index (χ0) is 14.5. The first-order valence-corrected chi connectivity index (χ1v) is 7.93. The summed E-state index contributed by atoms with van der Waals surface area (Å²) in [6.45, 7) is 4.47. The summed E-state index contributed by atoms with van der Waals surface area (Å²) in [7, 11) is 0. The summed E-state index contributed by atoms with van der Waals surface area (Å²) in [6, 6.07) is 9.65. The van der Waals surface area contributed by atoms with E-state index >= 15 is 0 Å². The third-order valence-electron chi connectivity index (χ3n) is 2.70. The number of nitrogen functional groups attached to an aromatic ring is 1. The van der Waals surface area contributed by atoms with E-state index in [0.717, 1.165) is 5.69 Å². The molecule has 1 aromatic heterocycles. The Morgan fingerprint density at radius 1 is 1.40 bits per heavy atom. The second-order valence-electron chi connectivity index (χ2n) is 4.08. The summed E-state index contributed by atoms with van der Waals surface area (Å²) in [4.78, 5) is 14.3. The summed E-state index contributed by atoms with van der Waals surface area (Å²) < 4.78 is 0.715. The van der Waals surface area contributed by atoms with E-state index in [1.165, 1.54) is 23.1 Å². The first-order valence-electron chi connectivity index (χ1n) is 6.24. The van der Waals surface area contributed by atoms with Crippen molar-refractivity contribution in [2.45, 2.75) is 23.4 Å². The van der Waals surface area contributed by atoms with E-state index in [2.05, 4.69) is 10.2 Å². The highest BCUT2D eigenvalue weighted by molar-refractivity contribution is 8.02. The van der Waals surface area contributed by atoms with Gasteiger partial charge in [-0.3, -0.25) is 4.79 Å². The molecule has 7 heteroatoms. The quantitative estimate of drug-likeness (QED) is 0.860. The van der Waals surface area contributed by atoms with E-state index in [9.17, 15) is 4.79 Å². The number of nitrogens with zero attached hydrogens (tertiary/aromatic N) is 3. The van der Waals surface area contributed by atoms with Crippen LogP contribution >= 0.6 is 23.1 Å². The first kappa shape index (κ1) is 14.8. The van der Waals surface area contributed by atoms with Crippen LogP contribution in [-0.2, 0) is 4.79 Å². The Hall–Kier alpha value is -1.60. The molecular weight excluding hydrogens is 292 g/mol. The lowest BCUT2D eigenvalue weighted by Gasteiger charge is -2.23. The largest absolute Gasteiger partial charge is 0.374 e. The fourth-order valence-electron chi connectivity index (χ4n) is 1.76. The summed E-state index contributed by atoms with van der Waals surface area (Å²) in [5.41, 5.74) is 6.45. The summed E-state index contributed by atoms with van der Waals surface area (Å²) in [5.74, 6) is 0.0532. The molecule has 0 spiro atoms. The number of nitrogens with two attached hydrogens (primary N) is 1. The molecule has 2 N–H and O–H groups in total. The van der Waals surface area contributed by atoms with Crippen LogP contribution in [0.25, 0.3) is 0 Å². The molecule has 1 atom stereocenters. The fourth-order valence-corrected chi connectivity index (χ4v) is 3.60. The van der Waals surface area contributed by atoms with Crippen LogP contribution in [0.2, 0.25) is 0 Å². The Labute approximate surface area is 126 Å². The van der Waals surface area contributed by atoms with E-state index in [4.69, 9.17) is 5.73 Å². The lowest BCUT2D eigenvalue weighted by molar-refractivity contribution is -0.117. The number of carbonyl (C=O) groups excluding carboxylic acids is 1. The maximum atomic E-state index is 12.5. The van der Waals surface area contributed by atoms with Crippen molar-refractivity contribution in [3.63, 3.8) is 0 Å². The Kier molecular flexibility index (Phi) is 4.97. The van der Waals surface area contributed by atoms with Gasteiger partial charge in [0.05, 0.1) is 5.25 Å². The van der Waals surface area contributed by atoms with E-state index < -0.39 is 0 Å². The number of hydrogen-bond donors (Lipinski definition) is 1. The molecule has 0 bridgehead atoms. The van der Waals surface area contributed by atoms with Gasteiger partial charge in [0.15, 0.2) is 4.34 Å². The van der Waals surface area contributed by atoms with Crippen LogP contribution in [0.4, 0.5) is 10.8 Å². The Morgan fingerprint density at radius 2 is 2.10 bits per heavy atom. The van der Waals surface area contributed by atoms with E-state index in [-0.39, 0.29) is 11.2 Å². The van der Waals surface area contributed by atoms with Crippen LogP contribution in [0.1, 0.15) is 13.8 Å². The smallest absolute Gasteiger partial charge is 0.240 e. The predicted octanol–water partition coefficient (Wildman–Crippen LogP) is 2.65. The molecule has 1 heterocycles. The Bertz CT molecular complexity index is 573. The molecule has 106 valence electrons. The molecule has 0 saturated carbocycles. The predicted molar refractivity (Wildman–Crippen MR) is 84.1 cm³/mol. The van der Waals surface area contributed by atoms with E-state index in [1.54, 1.807) is 4.90 Å². The third kappa shape index (κ3) is 3.49. The number of hydrogen-bond acceptors (Lipinski definition) is 6. The number of thioether (sulfide) groups is 1. The van der Waals surface area contributed by atoms with Crippen LogP contribution in [0.15, 0.2) is 34.7 Å². The Morgan fingerprint density at radius 3 is 2.65 bits per heavy atom. The molecule has 20 heavy (non-hydrogen) atoms. The maximum absolute atomic E-state index is 12.5. The highest BCUT2D eigenvalue weighted by atomic mass is 32.2. The molecule has 0 saturated heterocycles. The highest BCUT2D eigenvalue weighted by Crippen LogP contribution is 2.29. The van der Waals surface area contributed by atoms with Gasteiger partial charge in [-0.15, -0.1) is 10.2 Å². The molecule has 1 aromatic carbocycles. The molecule has 0 aliphatic heterocycles. The molecule has 0 aliphatic carbocycles. The fraction of sp³-hybridized carbons (Fsp3) is 0.308. The van der Waals surface area contributed by atoms with Crippen LogP contribution in [-0.4, -0.2) is 27.9 Å². The SMILES string of the molecule is CCN(C(=O)[C@H](C)Sc1nnc(N)s1)c1ccccc1. The number of anilines is 2. The molecule has 0 radical (unpaired) electrons. The third-order valence-corrected chi connectivity index (χ3v) is 4.62. The van der Waals surface area contributed by atoms with Crippen molar-refractivity contribution < 1.29 is 4.79 Å². The number of carbonyl (C=O) groups is 1. The van der Waals surface area contributed by atoms with Gasteiger partial charge < -0.3 is 10.6 Å². The maximum Gasteiger partial charge on any atom is 0.240 e. The lowest BCUT2D eigenvalue weighted by atomic mass is 10.2. The topological polar surface area (TPSA) is 72.1 Å². The number of para-hydroxylation sites is 1. The lowest BCUT2D eigenvalue weighted by Crippen LogP contribution is -2.36. The molecule has 1 amide bonds. The standard InChI is InChI=1S/C13H16N4OS2/c1-3-17(10-7-5-4-6-8-10)11(18)9(2)19-13-16-15-12(14)20-13/h4-9H,3H2,1-2H3,(H2,14,15)/t9-/m0/s1. The van der Waals surface area contributed by atoms with Crippen LogP contribution in [0.5, 0.6) is 0 Å². The highest BCUT2D eigenvalue weighted by Gasteiger charge is 2.22. The van der Waals surface area contributed by atoms with Gasteiger partial charge in [-0.2, -0.15) is 0 Å². The van der Waals surface area contributed by atoms with Crippen molar-refractivity contribution >= 4 is 39.8 Å². The summed E-state index contributed by atoms with van der Waals surface area (Å²) in [5, 5.41) is 7.87. The second kappa shape index (κ2) is 6.71. The normalized spacial score (nSPS) is 12.1. The average Bonchev–Trinajstić information content (AvgIpc) is 2.86. The zero-order valence-electron chi connectivity index (χ0n) is 11.3. The van der Waals surface area contributed by atoms with Crippen LogP contribution in [0.3, 0.4) is 0 Å². The first-order chi connectivity index (χ1) is 9.61. The van der Waals surface area contributed by atoms with Gasteiger partial charge in [-0.1, -0.05) is 41.3 Å². The van der Waals surface area contributed by atoms with Crippen molar-refractivity contribution in [3.05, 3.63) is 30.3 Å². The van der Waals surface area contributed by atoms with Gasteiger partial charge in [0, 0.05) is 12.2 Å². The molecule has 0 fully saturated rings. The summed E-state index contributed by atoms with van der Waals surface area (Å²) in [6.07, 6.45) is 0. The summed E-state index contributed by atoms with van der Waals surface area (Å²) >= 11 is 2.68. The second-order valence-corrected chi connectivity index (χ2v) is 6.68. The van der Waals surface area contributed by atoms with Crippen LogP contribution < -0.4 is 10.6 Å². The van der Waals surface area contributed by atoms with Gasteiger partial charge in [0.25, 0.3) is 0 Å². The van der Waals surface area contributed by atoms with Gasteiger partial charge in [-0.05, 0) is 26.0 Å². The van der Waals surface area contributed by atoms with Gasteiger partial charge >= 0.3 is 0 Å².